The molecule has 1 aliphatic rings. The zero-order valence-corrected chi connectivity index (χ0v) is 10.0. The maximum absolute atomic E-state index is 12.2. The third-order valence-electron chi connectivity index (χ3n) is 3.02. The molecule has 2 N–H and O–H groups in total. The van der Waals surface area contributed by atoms with Gasteiger partial charge in [0.05, 0.1) is 5.54 Å². The number of amides is 1. The van der Waals surface area contributed by atoms with E-state index in [1.54, 1.807) is 4.90 Å². The van der Waals surface area contributed by atoms with Crippen molar-refractivity contribution in [2.45, 2.75) is 39.2 Å². The summed E-state index contributed by atoms with van der Waals surface area (Å²) in [6.45, 7) is 10.9. The van der Waals surface area contributed by atoms with Gasteiger partial charge in [-0.15, -0.1) is 0 Å². The van der Waals surface area contributed by atoms with Crippen LogP contribution in [0, 0.1) is 5.92 Å². The molecule has 1 fully saturated rings. The van der Waals surface area contributed by atoms with E-state index in [1.807, 2.05) is 20.8 Å². The highest BCUT2D eigenvalue weighted by Crippen LogP contribution is 2.38. The molecule has 0 aromatic rings. The molecule has 1 unspecified atom stereocenters. The van der Waals surface area contributed by atoms with Gasteiger partial charge in [-0.3, -0.25) is 4.79 Å². The fourth-order valence-electron chi connectivity index (χ4n) is 1.85. The van der Waals surface area contributed by atoms with Crippen LogP contribution in [0.4, 0.5) is 0 Å². The molecule has 1 amide bonds. The van der Waals surface area contributed by atoms with Crippen LogP contribution in [0.15, 0.2) is 12.2 Å². The Hall–Kier alpha value is -0.830. The van der Waals surface area contributed by atoms with Crippen LogP contribution in [-0.2, 0) is 4.79 Å². The van der Waals surface area contributed by atoms with Crippen molar-refractivity contribution in [2.75, 3.05) is 13.1 Å². The van der Waals surface area contributed by atoms with Crippen LogP contribution in [0.5, 0.6) is 0 Å². The van der Waals surface area contributed by atoms with Crippen molar-refractivity contribution < 1.29 is 4.79 Å². The second-order valence-electron chi connectivity index (χ2n) is 4.83. The molecule has 0 bridgehead atoms. The van der Waals surface area contributed by atoms with Crippen molar-refractivity contribution in [3.63, 3.8) is 0 Å². The second kappa shape index (κ2) is 4.35. The predicted molar refractivity (Wildman–Crippen MR) is 62.4 cm³/mol. The topological polar surface area (TPSA) is 46.3 Å². The summed E-state index contributed by atoms with van der Waals surface area (Å²) in [5, 5.41) is 0. The molecule has 0 heterocycles. The average molecular weight is 210 g/mol. The number of hydrogen-bond acceptors (Lipinski definition) is 2. The molecule has 86 valence electrons. The molecule has 0 saturated heterocycles. The zero-order valence-electron chi connectivity index (χ0n) is 10.0. The smallest absolute Gasteiger partial charge is 0.242 e. The van der Waals surface area contributed by atoms with Crippen LogP contribution in [0.25, 0.3) is 0 Å². The van der Waals surface area contributed by atoms with Crippen LogP contribution in [0.2, 0.25) is 0 Å². The molecule has 0 aliphatic heterocycles. The first-order valence-electron chi connectivity index (χ1n) is 5.62. The molecular formula is C12H22N2O. The van der Waals surface area contributed by atoms with Crippen LogP contribution in [0.3, 0.4) is 0 Å². The summed E-state index contributed by atoms with van der Waals surface area (Å²) in [5.74, 6) is 0.444. The highest BCUT2D eigenvalue weighted by molar-refractivity contribution is 5.86. The van der Waals surface area contributed by atoms with Gasteiger partial charge in [0, 0.05) is 13.1 Å². The Morgan fingerprint density at radius 2 is 2.13 bits per heavy atom. The standard InChI is InChI=1S/C12H22N2O/c1-5-14(8-9(2)3)11(15)12(4,13)10-6-7-10/h10H,2,5-8,13H2,1,3-4H3. The van der Waals surface area contributed by atoms with Crippen molar-refractivity contribution in [1.82, 2.24) is 4.90 Å². The summed E-state index contributed by atoms with van der Waals surface area (Å²) in [4.78, 5) is 14.0. The van der Waals surface area contributed by atoms with Gasteiger partial charge in [-0.1, -0.05) is 12.2 Å². The fraction of sp³-hybridized carbons (Fsp3) is 0.750. The number of nitrogens with zero attached hydrogens (tertiary/aromatic N) is 1. The van der Waals surface area contributed by atoms with E-state index in [2.05, 4.69) is 6.58 Å². The van der Waals surface area contributed by atoms with E-state index in [9.17, 15) is 4.79 Å². The van der Waals surface area contributed by atoms with Gasteiger partial charge < -0.3 is 10.6 Å². The summed E-state index contributed by atoms with van der Waals surface area (Å²) in [5.41, 5.74) is 6.42. The molecule has 1 saturated carbocycles. The molecule has 0 spiro atoms. The maximum Gasteiger partial charge on any atom is 0.242 e. The third kappa shape index (κ3) is 2.81. The van der Waals surface area contributed by atoms with Gasteiger partial charge in [0.1, 0.15) is 0 Å². The van der Waals surface area contributed by atoms with E-state index in [1.165, 1.54) is 0 Å². The van der Waals surface area contributed by atoms with E-state index in [0.29, 0.717) is 19.0 Å². The second-order valence-corrected chi connectivity index (χ2v) is 4.83. The highest BCUT2D eigenvalue weighted by Gasteiger charge is 2.45. The summed E-state index contributed by atoms with van der Waals surface area (Å²) < 4.78 is 0. The maximum atomic E-state index is 12.2. The van der Waals surface area contributed by atoms with E-state index in [-0.39, 0.29) is 5.91 Å². The lowest BCUT2D eigenvalue weighted by molar-refractivity contribution is -0.136. The summed E-state index contributed by atoms with van der Waals surface area (Å²) in [6.07, 6.45) is 2.17. The van der Waals surface area contributed by atoms with Crippen molar-refractivity contribution in [2.24, 2.45) is 11.7 Å². The first kappa shape index (κ1) is 12.2. The number of likely N-dealkylation sites (N-methyl/N-ethyl adjacent to an activating group) is 1. The molecule has 1 rings (SSSR count). The van der Waals surface area contributed by atoms with E-state index >= 15 is 0 Å². The molecule has 1 aliphatic carbocycles. The molecule has 0 aromatic carbocycles. The van der Waals surface area contributed by atoms with Crippen molar-refractivity contribution in [3.05, 3.63) is 12.2 Å². The Kier molecular flexibility index (Phi) is 3.55. The first-order chi connectivity index (χ1) is 6.89. The van der Waals surface area contributed by atoms with Gasteiger partial charge in [0.15, 0.2) is 0 Å². The average Bonchev–Trinajstić information content (AvgIpc) is 2.95. The van der Waals surface area contributed by atoms with Crippen molar-refractivity contribution >= 4 is 5.91 Å². The van der Waals surface area contributed by atoms with Gasteiger partial charge in [0.2, 0.25) is 5.91 Å². The lowest BCUT2D eigenvalue weighted by Gasteiger charge is -2.31. The Balaban J connectivity index is 2.66. The van der Waals surface area contributed by atoms with Crippen molar-refractivity contribution in [1.29, 1.82) is 0 Å². The fourth-order valence-corrected chi connectivity index (χ4v) is 1.85. The number of hydrogen-bond donors (Lipinski definition) is 1. The molecule has 1 atom stereocenters. The number of rotatable bonds is 5. The first-order valence-corrected chi connectivity index (χ1v) is 5.62. The third-order valence-corrected chi connectivity index (χ3v) is 3.02. The Morgan fingerprint density at radius 1 is 1.60 bits per heavy atom. The van der Waals surface area contributed by atoms with Crippen molar-refractivity contribution in [3.8, 4) is 0 Å². The molecule has 0 aromatic heterocycles. The van der Waals surface area contributed by atoms with Gasteiger partial charge in [-0.05, 0) is 39.5 Å². The minimum Gasteiger partial charge on any atom is -0.337 e. The summed E-state index contributed by atoms with van der Waals surface area (Å²) >= 11 is 0. The lowest BCUT2D eigenvalue weighted by atomic mass is 9.95. The van der Waals surface area contributed by atoms with E-state index in [0.717, 1.165) is 18.4 Å². The molecule has 15 heavy (non-hydrogen) atoms. The lowest BCUT2D eigenvalue weighted by Crippen LogP contribution is -2.55. The highest BCUT2D eigenvalue weighted by atomic mass is 16.2. The number of nitrogens with two attached hydrogens (primary N) is 1. The molecule has 3 heteroatoms. The number of carbonyl (C=O) groups excluding carboxylic acids is 1. The predicted octanol–water partition coefficient (Wildman–Crippen LogP) is 1.54. The normalized spacial score (nSPS) is 19.5. The number of carbonyl (C=O) groups is 1. The quantitative estimate of drug-likeness (QED) is 0.700. The minimum absolute atomic E-state index is 0.0653. The Bertz CT molecular complexity index is 267. The van der Waals surface area contributed by atoms with E-state index in [4.69, 9.17) is 5.73 Å². The molecular weight excluding hydrogens is 188 g/mol. The van der Waals surface area contributed by atoms with Gasteiger partial charge in [-0.2, -0.15) is 0 Å². The largest absolute Gasteiger partial charge is 0.337 e. The summed E-state index contributed by atoms with van der Waals surface area (Å²) in [6, 6.07) is 0. The Labute approximate surface area is 92.3 Å². The monoisotopic (exact) mass is 210 g/mol. The molecule has 3 nitrogen and oxygen atoms in total. The van der Waals surface area contributed by atoms with Gasteiger partial charge in [0.25, 0.3) is 0 Å². The van der Waals surface area contributed by atoms with E-state index < -0.39 is 5.54 Å². The van der Waals surface area contributed by atoms with Crippen LogP contribution < -0.4 is 5.73 Å². The van der Waals surface area contributed by atoms with Crippen LogP contribution in [0.1, 0.15) is 33.6 Å². The van der Waals surface area contributed by atoms with Crippen LogP contribution >= 0.6 is 0 Å². The molecule has 0 radical (unpaired) electrons. The van der Waals surface area contributed by atoms with Gasteiger partial charge in [-0.25, -0.2) is 0 Å². The minimum atomic E-state index is -0.675. The van der Waals surface area contributed by atoms with Gasteiger partial charge >= 0.3 is 0 Å². The zero-order chi connectivity index (χ0) is 11.6. The summed E-state index contributed by atoms with van der Waals surface area (Å²) in [7, 11) is 0. The van der Waals surface area contributed by atoms with Crippen LogP contribution in [-0.4, -0.2) is 29.4 Å². The SMILES string of the molecule is C=C(C)CN(CC)C(=O)C(C)(N)C1CC1. The Morgan fingerprint density at radius 3 is 2.47 bits per heavy atom.